The van der Waals surface area contributed by atoms with Crippen LogP contribution < -0.4 is 5.32 Å². The second-order valence-corrected chi connectivity index (χ2v) is 8.40. The number of rotatable bonds is 12. The topological polar surface area (TPSA) is 86.6 Å². The van der Waals surface area contributed by atoms with E-state index >= 15 is 0 Å². The van der Waals surface area contributed by atoms with Crippen LogP contribution in [-0.4, -0.2) is 28.7 Å². The first-order valence-electron chi connectivity index (χ1n) is 11.3. The minimum absolute atomic E-state index is 0.235. The average molecular weight is 454 g/mol. The zero-order valence-corrected chi connectivity index (χ0v) is 19.3. The lowest BCUT2D eigenvalue weighted by Gasteiger charge is -2.15. The summed E-state index contributed by atoms with van der Waals surface area (Å²) in [6.45, 7) is 3.95. The van der Waals surface area contributed by atoms with Crippen LogP contribution in [0.25, 0.3) is 11.1 Å². The maximum atomic E-state index is 14.7. The molecule has 0 saturated heterocycles. The quantitative estimate of drug-likeness (QED) is 0.231. The third-order valence-corrected chi connectivity index (χ3v) is 5.67. The summed E-state index contributed by atoms with van der Waals surface area (Å²) in [7, 11) is 0. The molecule has 0 heterocycles. The van der Waals surface area contributed by atoms with Crippen molar-refractivity contribution in [1.82, 2.24) is 5.32 Å². The van der Waals surface area contributed by atoms with Crippen LogP contribution in [0.5, 0.6) is 0 Å². The molecule has 2 aromatic carbocycles. The smallest absolute Gasteiger partial charge is 0.321 e. The van der Waals surface area contributed by atoms with Crippen LogP contribution in [0.1, 0.15) is 57.1 Å². The van der Waals surface area contributed by atoms with Crippen LogP contribution in [0.2, 0.25) is 0 Å². The van der Waals surface area contributed by atoms with Crippen LogP contribution in [0.15, 0.2) is 42.5 Å². The van der Waals surface area contributed by atoms with Crippen molar-refractivity contribution >= 4 is 11.9 Å². The minimum Gasteiger partial charge on any atom is -0.480 e. The molecule has 0 atom stereocenters. The summed E-state index contributed by atoms with van der Waals surface area (Å²) in [5, 5.41) is 21.1. The lowest BCUT2D eigenvalue weighted by atomic mass is 9.87. The Hall–Kier alpha value is -3.17. The number of aliphatic carboxylic acids is 2. The van der Waals surface area contributed by atoms with Crippen LogP contribution in [0.3, 0.4) is 0 Å². The van der Waals surface area contributed by atoms with Crippen molar-refractivity contribution in [3.63, 3.8) is 0 Å². The van der Waals surface area contributed by atoms with Crippen LogP contribution in [0, 0.1) is 23.1 Å². The number of halogens is 1. The monoisotopic (exact) mass is 453 g/mol. The van der Waals surface area contributed by atoms with Gasteiger partial charge in [-0.2, -0.15) is 0 Å². The van der Waals surface area contributed by atoms with Gasteiger partial charge in [-0.15, -0.1) is 5.92 Å². The fourth-order valence-electron chi connectivity index (χ4n) is 3.32. The lowest BCUT2D eigenvalue weighted by Crippen LogP contribution is -2.35. The molecule has 3 N–H and O–H groups in total. The number of nitrogens with one attached hydrogen (secondary N) is 1. The molecule has 0 spiro atoms. The van der Waals surface area contributed by atoms with Crippen molar-refractivity contribution < 1.29 is 24.2 Å². The summed E-state index contributed by atoms with van der Waals surface area (Å²) in [6, 6.07) is 13.2. The molecular weight excluding hydrogens is 421 g/mol. The minimum atomic E-state index is -1.93. The molecule has 33 heavy (non-hydrogen) atoms. The molecule has 0 saturated carbocycles. The molecule has 2 aromatic rings. The van der Waals surface area contributed by atoms with Crippen molar-refractivity contribution in [1.29, 1.82) is 0 Å². The highest BCUT2D eigenvalue weighted by Crippen LogP contribution is 2.25. The molecule has 0 aliphatic carbocycles. The van der Waals surface area contributed by atoms with Gasteiger partial charge in [-0.05, 0) is 42.5 Å². The number of carboxylic acid groups (broad SMARTS) is 2. The van der Waals surface area contributed by atoms with Gasteiger partial charge in [0.05, 0.1) is 6.54 Å². The van der Waals surface area contributed by atoms with E-state index in [-0.39, 0.29) is 18.8 Å². The standard InChI is InChI=1S/C27H32FNO4/c1-3-4-5-6-9-20-10-13-22(14-11-20)23-15-12-21(18-24(23)28)19-29-17-8-7-16-27(2,25(30)31)26(32)33/h10-15,18,29H,3-6,9,16-17,19H2,1-2H3,(H,30,31)(H,32,33). The predicted octanol–water partition coefficient (Wildman–Crippen LogP) is 5.27. The van der Waals surface area contributed by atoms with Gasteiger partial charge < -0.3 is 15.5 Å². The SMILES string of the molecule is CCCCCCc1ccc(-c2ccc(CNCC#CCC(C)(C(=O)O)C(=O)O)cc2F)cc1. The molecule has 0 amide bonds. The summed E-state index contributed by atoms with van der Waals surface area (Å²) in [5.41, 5.74) is 1.49. The number of hydrogen-bond donors (Lipinski definition) is 3. The van der Waals surface area contributed by atoms with Crippen LogP contribution >= 0.6 is 0 Å². The fourth-order valence-corrected chi connectivity index (χ4v) is 3.32. The number of carbonyl (C=O) groups is 2. The largest absolute Gasteiger partial charge is 0.480 e. The van der Waals surface area contributed by atoms with E-state index in [0.717, 1.165) is 24.5 Å². The average Bonchev–Trinajstić information content (AvgIpc) is 2.79. The lowest BCUT2D eigenvalue weighted by molar-refractivity contribution is -0.162. The van der Waals surface area contributed by atoms with Gasteiger partial charge in [0, 0.05) is 18.5 Å². The van der Waals surface area contributed by atoms with Gasteiger partial charge in [0.25, 0.3) is 0 Å². The Morgan fingerprint density at radius 1 is 0.970 bits per heavy atom. The second kappa shape index (κ2) is 12.8. The van der Waals surface area contributed by atoms with Crippen LogP contribution in [0.4, 0.5) is 4.39 Å². The van der Waals surface area contributed by atoms with Crippen molar-refractivity contribution in [3.8, 4) is 23.0 Å². The summed E-state index contributed by atoms with van der Waals surface area (Å²) in [5.74, 6) is 2.17. The van der Waals surface area contributed by atoms with E-state index in [1.807, 2.05) is 18.2 Å². The molecule has 0 radical (unpaired) electrons. The first kappa shape index (κ1) is 26.1. The number of benzene rings is 2. The molecule has 5 nitrogen and oxygen atoms in total. The predicted molar refractivity (Wildman–Crippen MR) is 127 cm³/mol. The van der Waals surface area contributed by atoms with E-state index in [4.69, 9.17) is 10.2 Å². The molecule has 0 aromatic heterocycles. The molecule has 2 rings (SSSR count). The Morgan fingerprint density at radius 3 is 2.24 bits per heavy atom. The Balaban J connectivity index is 1.87. The highest BCUT2D eigenvalue weighted by atomic mass is 19.1. The third kappa shape index (κ3) is 7.73. The van der Waals surface area contributed by atoms with Gasteiger partial charge in [-0.1, -0.05) is 68.5 Å². The van der Waals surface area contributed by atoms with E-state index < -0.39 is 17.4 Å². The van der Waals surface area contributed by atoms with Crippen molar-refractivity contribution in [2.75, 3.05) is 6.54 Å². The molecule has 0 aliphatic heterocycles. The summed E-state index contributed by atoms with van der Waals surface area (Å²) in [6.07, 6.45) is 5.63. The van der Waals surface area contributed by atoms with E-state index in [1.165, 1.54) is 37.3 Å². The Bertz CT molecular complexity index is 991. The molecular formula is C27H32FNO4. The fraction of sp³-hybridized carbons (Fsp3) is 0.407. The molecule has 0 aliphatic rings. The molecule has 0 unspecified atom stereocenters. The molecule has 6 heteroatoms. The number of unbranched alkanes of at least 4 members (excludes halogenated alkanes) is 3. The summed E-state index contributed by atoms with van der Waals surface area (Å²) >= 11 is 0. The zero-order chi connectivity index (χ0) is 24.3. The number of aryl methyl sites for hydroxylation is 1. The van der Waals surface area contributed by atoms with Crippen molar-refractivity contribution in [3.05, 3.63) is 59.4 Å². The normalized spacial score (nSPS) is 11.0. The summed E-state index contributed by atoms with van der Waals surface area (Å²) < 4.78 is 14.7. The van der Waals surface area contributed by atoms with Gasteiger partial charge in [0.2, 0.25) is 0 Å². The molecule has 0 bridgehead atoms. The molecule has 176 valence electrons. The third-order valence-electron chi connectivity index (χ3n) is 5.67. The van der Waals surface area contributed by atoms with Crippen LogP contribution in [-0.2, 0) is 22.6 Å². The first-order valence-corrected chi connectivity index (χ1v) is 11.3. The number of hydrogen-bond acceptors (Lipinski definition) is 3. The Kier molecular flexibility index (Phi) is 10.1. The van der Waals surface area contributed by atoms with Crippen molar-refractivity contribution in [2.24, 2.45) is 5.41 Å². The Labute approximate surface area is 195 Å². The van der Waals surface area contributed by atoms with E-state index in [0.29, 0.717) is 12.1 Å². The van der Waals surface area contributed by atoms with Gasteiger partial charge in [-0.3, -0.25) is 9.59 Å². The second-order valence-electron chi connectivity index (χ2n) is 8.40. The van der Waals surface area contributed by atoms with E-state index in [2.05, 4.69) is 36.2 Å². The highest BCUT2D eigenvalue weighted by molar-refractivity contribution is 5.98. The first-order chi connectivity index (χ1) is 15.8. The highest BCUT2D eigenvalue weighted by Gasteiger charge is 2.40. The maximum Gasteiger partial charge on any atom is 0.321 e. The van der Waals surface area contributed by atoms with Gasteiger partial charge in [0.15, 0.2) is 5.41 Å². The van der Waals surface area contributed by atoms with Gasteiger partial charge in [-0.25, -0.2) is 4.39 Å². The zero-order valence-electron chi connectivity index (χ0n) is 19.3. The van der Waals surface area contributed by atoms with E-state index in [1.54, 1.807) is 6.07 Å². The Morgan fingerprint density at radius 2 is 1.64 bits per heavy atom. The maximum absolute atomic E-state index is 14.7. The van der Waals surface area contributed by atoms with Gasteiger partial charge >= 0.3 is 11.9 Å². The summed E-state index contributed by atoms with van der Waals surface area (Å²) in [4.78, 5) is 22.2. The van der Waals surface area contributed by atoms with Crippen molar-refractivity contribution in [2.45, 2.75) is 58.9 Å². The number of carboxylic acids is 2. The van der Waals surface area contributed by atoms with Gasteiger partial charge in [0.1, 0.15) is 5.82 Å². The van der Waals surface area contributed by atoms with E-state index in [9.17, 15) is 14.0 Å². The molecule has 0 fully saturated rings.